The maximum absolute atomic E-state index is 13.6. The van der Waals surface area contributed by atoms with Crippen LogP contribution in [0.5, 0.6) is 0 Å². The Morgan fingerprint density at radius 2 is 1.89 bits per heavy atom. The van der Waals surface area contributed by atoms with E-state index < -0.39 is 43.2 Å². The molecule has 0 saturated carbocycles. The van der Waals surface area contributed by atoms with Crippen molar-refractivity contribution in [1.29, 1.82) is 0 Å². The Balaban J connectivity index is 3.59. The van der Waals surface area contributed by atoms with Crippen LogP contribution in [0, 0.1) is 12.7 Å². The van der Waals surface area contributed by atoms with Crippen molar-refractivity contribution < 1.29 is 27.5 Å². The summed E-state index contributed by atoms with van der Waals surface area (Å²) < 4.78 is 37.7. The number of hydrogen-bond donors (Lipinski definition) is 2. The maximum Gasteiger partial charge on any atom is 0.335 e. The third-order valence-electron chi connectivity index (χ3n) is 2.72. The lowest BCUT2D eigenvalue weighted by Gasteiger charge is -2.13. The molecule has 0 aromatic heterocycles. The molecule has 0 aliphatic heterocycles. The van der Waals surface area contributed by atoms with E-state index in [1.807, 2.05) is 0 Å². The lowest BCUT2D eigenvalue weighted by molar-refractivity contribution is -0.117. The van der Waals surface area contributed by atoms with Gasteiger partial charge in [-0.05, 0) is 26.0 Å². The van der Waals surface area contributed by atoms with Gasteiger partial charge >= 0.3 is 5.97 Å². The highest BCUT2D eigenvalue weighted by Gasteiger charge is 2.31. The third kappa shape index (κ3) is 2.73. The first-order valence-corrected chi connectivity index (χ1v) is 6.70. The quantitative estimate of drug-likeness (QED) is 0.836. The summed E-state index contributed by atoms with van der Waals surface area (Å²) in [5.41, 5.74) is 4.15. The molecular formula is C11H12FNO5S. The Morgan fingerprint density at radius 1 is 1.37 bits per heavy atom. The highest BCUT2D eigenvalue weighted by Crippen LogP contribution is 2.24. The van der Waals surface area contributed by atoms with Crippen molar-refractivity contribution in [3.63, 3.8) is 0 Å². The minimum Gasteiger partial charge on any atom is -0.478 e. The van der Waals surface area contributed by atoms with Crippen molar-refractivity contribution >= 4 is 21.7 Å². The molecule has 0 heterocycles. The Bertz CT molecular complexity index is 653. The summed E-state index contributed by atoms with van der Waals surface area (Å²) in [7, 11) is -4.23. The minimum absolute atomic E-state index is 0.252. The number of carboxylic acids is 1. The van der Waals surface area contributed by atoms with Crippen LogP contribution < -0.4 is 5.73 Å². The molecule has 0 bridgehead atoms. The molecule has 0 aliphatic rings. The van der Waals surface area contributed by atoms with Crippen LogP contribution >= 0.6 is 0 Å². The van der Waals surface area contributed by atoms with Crippen molar-refractivity contribution in [3.05, 3.63) is 29.1 Å². The van der Waals surface area contributed by atoms with Gasteiger partial charge in [0, 0.05) is 5.56 Å². The topological polar surface area (TPSA) is 115 Å². The van der Waals surface area contributed by atoms with Gasteiger partial charge in [0.05, 0.1) is 10.5 Å². The summed E-state index contributed by atoms with van der Waals surface area (Å²) in [6.45, 7) is 2.24. The summed E-state index contributed by atoms with van der Waals surface area (Å²) in [6.07, 6.45) is 0. The summed E-state index contributed by atoms with van der Waals surface area (Å²) in [5, 5.41) is 7.21. The number of amides is 1. The first-order valence-electron chi connectivity index (χ1n) is 5.15. The second-order valence-corrected chi connectivity index (χ2v) is 6.21. The van der Waals surface area contributed by atoms with Gasteiger partial charge in [-0.1, -0.05) is 0 Å². The van der Waals surface area contributed by atoms with E-state index >= 15 is 0 Å². The van der Waals surface area contributed by atoms with E-state index in [4.69, 9.17) is 10.8 Å². The van der Waals surface area contributed by atoms with Gasteiger partial charge in [0.1, 0.15) is 11.1 Å². The minimum atomic E-state index is -4.23. The zero-order valence-electron chi connectivity index (χ0n) is 10.2. The van der Waals surface area contributed by atoms with E-state index in [0.29, 0.717) is 6.07 Å². The van der Waals surface area contributed by atoms with E-state index in [1.165, 1.54) is 6.92 Å². The van der Waals surface area contributed by atoms with Gasteiger partial charge in [-0.15, -0.1) is 0 Å². The van der Waals surface area contributed by atoms with Crippen LogP contribution in [0.2, 0.25) is 0 Å². The van der Waals surface area contributed by atoms with Crippen molar-refractivity contribution in [3.8, 4) is 0 Å². The lowest BCUT2D eigenvalue weighted by Crippen LogP contribution is -2.33. The van der Waals surface area contributed by atoms with Gasteiger partial charge in [-0.25, -0.2) is 17.6 Å². The number of benzene rings is 1. The highest BCUT2D eigenvalue weighted by atomic mass is 32.2. The molecule has 1 atom stereocenters. The number of sulfone groups is 1. The van der Waals surface area contributed by atoms with Crippen LogP contribution in [0.15, 0.2) is 17.0 Å². The van der Waals surface area contributed by atoms with Gasteiger partial charge in [0.25, 0.3) is 0 Å². The molecule has 1 rings (SSSR count). The number of aromatic carboxylic acids is 1. The monoisotopic (exact) mass is 289 g/mol. The number of carbonyl (C=O) groups excluding carboxylic acids is 1. The number of carboxylic acid groups (broad SMARTS) is 1. The van der Waals surface area contributed by atoms with Gasteiger partial charge in [-0.3, -0.25) is 4.79 Å². The number of halogens is 1. The number of primary amides is 1. The predicted molar refractivity (Wildman–Crippen MR) is 63.9 cm³/mol. The molecule has 19 heavy (non-hydrogen) atoms. The summed E-state index contributed by atoms with van der Waals surface area (Å²) in [5.74, 6) is -3.54. The molecular weight excluding hydrogens is 277 g/mol. The Hall–Kier alpha value is -1.96. The fourth-order valence-electron chi connectivity index (χ4n) is 1.42. The molecule has 0 saturated heterocycles. The largest absolute Gasteiger partial charge is 0.478 e. The number of hydrogen-bond acceptors (Lipinski definition) is 4. The first-order chi connectivity index (χ1) is 8.59. The number of nitrogens with two attached hydrogens (primary N) is 1. The molecule has 1 aromatic rings. The average molecular weight is 289 g/mol. The highest BCUT2D eigenvalue weighted by molar-refractivity contribution is 7.92. The van der Waals surface area contributed by atoms with Crippen LogP contribution in [0.25, 0.3) is 0 Å². The standard InChI is InChI=1S/C11H12FNO5S/c1-5-8(12)3-7(11(15)16)4-9(5)19(17,18)6(2)10(13)14/h3-4,6H,1-2H3,(H2,13,14)(H,15,16). The molecule has 104 valence electrons. The molecule has 0 spiro atoms. The molecule has 0 fully saturated rings. The Labute approximate surface area is 109 Å². The van der Waals surface area contributed by atoms with Crippen LogP contribution in [-0.2, 0) is 14.6 Å². The molecule has 6 nitrogen and oxygen atoms in total. The van der Waals surface area contributed by atoms with Crippen molar-refractivity contribution in [1.82, 2.24) is 0 Å². The molecule has 3 N–H and O–H groups in total. The fraction of sp³-hybridized carbons (Fsp3) is 0.273. The van der Waals surface area contributed by atoms with Crippen LogP contribution in [0.4, 0.5) is 4.39 Å². The van der Waals surface area contributed by atoms with Crippen molar-refractivity contribution in [2.75, 3.05) is 0 Å². The molecule has 8 heteroatoms. The van der Waals surface area contributed by atoms with Crippen LogP contribution in [0.3, 0.4) is 0 Å². The molecule has 0 radical (unpaired) electrons. The summed E-state index contributed by atoms with van der Waals surface area (Å²) >= 11 is 0. The maximum atomic E-state index is 13.6. The van der Waals surface area contributed by atoms with Gasteiger partial charge in [0.2, 0.25) is 5.91 Å². The van der Waals surface area contributed by atoms with Crippen molar-refractivity contribution in [2.45, 2.75) is 24.0 Å². The normalized spacial score (nSPS) is 13.0. The van der Waals surface area contributed by atoms with E-state index in [-0.39, 0.29) is 5.56 Å². The van der Waals surface area contributed by atoms with E-state index in [9.17, 15) is 22.4 Å². The zero-order chi connectivity index (χ0) is 15.0. The molecule has 0 aliphatic carbocycles. The smallest absolute Gasteiger partial charge is 0.335 e. The van der Waals surface area contributed by atoms with Gasteiger partial charge in [0.15, 0.2) is 9.84 Å². The van der Waals surface area contributed by atoms with Crippen LogP contribution in [-0.4, -0.2) is 30.7 Å². The molecule has 1 aromatic carbocycles. The SMILES string of the molecule is Cc1c(F)cc(C(=O)O)cc1S(=O)(=O)C(C)C(N)=O. The second kappa shape index (κ2) is 4.96. The first kappa shape index (κ1) is 15.1. The zero-order valence-corrected chi connectivity index (χ0v) is 11.0. The summed E-state index contributed by atoms with van der Waals surface area (Å²) in [6, 6.07) is 1.53. The lowest BCUT2D eigenvalue weighted by atomic mass is 10.1. The van der Waals surface area contributed by atoms with Gasteiger partial charge in [-0.2, -0.15) is 0 Å². The van der Waals surface area contributed by atoms with E-state index in [1.54, 1.807) is 0 Å². The number of rotatable bonds is 4. The number of carbonyl (C=O) groups is 2. The van der Waals surface area contributed by atoms with Crippen LogP contribution in [0.1, 0.15) is 22.8 Å². The van der Waals surface area contributed by atoms with E-state index in [0.717, 1.165) is 13.0 Å². The predicted octanol–water partition coefficient (Wildman–Crippen LogP) is 0.480. The fourth-order valence-corrected chi connectivity index (χ4v) is 2.92. The van der Waals surface area contributed by atoms with Gasteiger partial charge < -0.3 is 10.8 Å². The Kier molecular flexibility index (Phi) is 3.94. The second-order valence-electron chi connectivity index (χ2n) is 3.98. The molecule has 1 amide bonds. The summed E-state index contributed by atoms with van der Waals surface area (Å²) in [4.78, 5) is 21.2. The van der Waals surface area contributed by atoms with E-state index in [2.05, 4.69) is 0 Å². The third-order valence-corrected chi connectivity index (χ3v) is 4.92. The average Bonchev–Trinajstić information content (AvgIpc) is 2.30. The molecule has 1 unspecified atom stereocenters. The Morgan fingerprint density at radius 3 is 2.32 bits per heavy atom. The van der Waals surface area contributed by atoms with Crippen molar-refractivity contribution in [2.24, 2.45) is 5.73 Å².